The molecule has 0 spiro atoms. The lowest BCUT2D eigenvalue weighted by atomic mass is 10.2. The molecule has 1 amide bonds. The molecule has 0 aliphatic carbocycles. The molecule has 1 fully saturated rings. The second-order valence-electron chi connectivity index (χ2n) is 5.69. The van der Waals surface area contributed by atoms with Gasteiger partial charge in [0.2, 0.25) is 5.91 Å². The summed E-state index contributed by atoms with van der Waals surface area (Å²) in [6.45, 7) is 0.431. The molecule has 1 atom stereocenters. The standard InChI is InChI=1S/C18H20N4O5S/c1-26-13-7-5-6-12(16(13)27-9-4-2-3-8-19)11-20-22-18-21-17(25)14(28-18)10-15(23)24/h5-7,11,14H,2-4,9-10H2,1H3,(H,23,24)(H,21,22,25). The smallest absolute Gasteiger partial charge is 0.305 e. The van der Waals surface area contributed by atoms with Gasteiger partial charge in [-0.25, -0.2) is 0 Å². The van der Waals surface area contributed by atoms with Crippen LogP contribution >= 0.6 is 11.8 Å². The molecule has 2 rings (SSSR count). The summed E-state index contributed by atoms with van der Waals surface area (Å²) in [5.74, 6) is -0.394. The quantitative estimate of drug-likeness (QED) is 0.347. The predicted molar refractivity (Wildman–Crippen MR) is 105 cm³/mol. The highest BCUT2D eigenvalue weighted by Crippen LogP contribution is 2.30. The average Bonchev–Trinajstić information content (AvgIpc) is 3.00. The van der Waals surface area contributed by atoms with Gasteiger partial charge in [-0.15, -0.1) is 5.10 Å². The summed E-state index contributed by atoms with van der Waals surface area (Å²) in [6, 6.07) is 7.42. The molecule has 148 valence electrons. The molecule has 1 aliphatic rings. The molecule has 10 heteroatoms. The maximum absolute atomic E-state index is 11.7. The van der Waals surface area contributed by atoms with Crippen molar-refractivity contribution in [2.24, 2.45) is 10.2 Å². The largest absolute Gasteiger partial charge is 0.493 e. The van der Waals surface area contributed by atoms with E-state index in [0.717, 1.165) is 24.6 Å². The van der Waals surface area contributed by atoms with Crippen LogP contribution in [0.2, 0.25) is 0 Å². The zero-order valence-electron chi connectivity index (χ0n) is 15.3. The van der Waals surface area contributed by atoms with Crippen LogP contribution in [0.4, 0.5) is 0 Å². The molecular weight excluding hydrogens is 384 g/mol. The summed E-state index contributed by atoms with van der Waals surface area (Å²) < 4.78 is 11.1. The Morgan fingerprint density at radius 2 is 2.29 bits per heavy atom. The number of unbranched alkanes of at least 4 members (excludes halogenated alkanes) is 2. The molecule has 0 aromatic heterocycles. The van der Waals surface area contributed by atoms with Crippen LogP contribution in [-0.2, 0) is 9.59 Å². The fourth-order valence-corrected chi connectivity index (χ4v) is 3.23. The highest BCUT2D eigenvalue weighted by Gasteiger charge is 2.32. The monoisotopic (exact) mass is 404 g/mol. The number of carboxylic acid groups (broad SMARTS) is 1. The Kier molecular flexibility index (Phi) is 8.30. The first-order valence-electron chi connectivity index (χ1n) is 8.52. The topological polar surface area (TPSA) is 133 Å². The number of nitriles is 1. The Morgan fingerprint density at radius 1 is 1.46 bits per heavy atom. The molecule has 2 N–H and O–H groups in total. The number of nitrogens with one attached hydrogen (secondary N) is 1. The van der Waals surface area contributed by atoms with Gasteiger partial charge in [0.05, 0.1) is 32.4 Å². The number of para-hydroxylation sites is 1. The summed E-state index contributed by atoms with van der Waals surface area (Å²) >= 11 is 1.03. The van der Waals surface area contributed by atoms with Gasteiger partial charge in [-0.3, -0.25) is 9.59 Å². The molecule has 0 radical (unpaired) electrons. The van der Waals surface area contributed by atoms with Crippen LogP contribution in [0.5, 0.6) is 11.5 Å². The van der Waals surface area contributed by atoms with Gasteiger partial charge in [-0.2, -0.15) is 10.4 Å². The van der Waals surface area contributed by atoms with Gasteiger partial charge in [-0.05, 0) is 25.0 Å². The number of methoxy groups -OCH3 is 1. The molecule has 9 nitrogen and oxygen atoms in total. The number of amides is 1. The van der Waals surface area contributed by atoms with E-state index in [9.17, 15) is 9.59 Å². The van der Waals surface area contributed by atoms with Crippen molar-refractivity contribution in [1.82, 2.24) is 5.32 Å². The van der Waals surface area contributed by atoms with Crippen LogP contribution in [0.15, 0.2) is 28.4 Å². The molecule has 0 bridgehead atoms. The van der Waals surface area contributed by atoms with Crippen LogP contribution in [0, 0.1) is 11.3 Å². The normalized spacial score (nSPS) is 17.5. The molecule has 0 saturated carbocycles. The van der Waals surface area contributed by atoms with Gasteiger partial charge in [0.1, 0.15) is 5.25 Å². The van der Waals surface area contributed by atoms with E-state index in [1.807, 2.05) is 0 Å². The molecular formula is C18H20N4O5S. The summed E-state index contributed by atoms with van der Waals surface area (Å²) in [6.07, 6.45) is 3.15. The lowest BCUT2D eigenvalue weighted by Crippen LogP contribution is -2.26. The Morgan fingerprint density at radius 3 is 3.00 bits per heavy atom. The van der Waals surface area contributed by atoms with E-state index in [0.29, 0.717) is 30.1 Å². The number of aliphatic carboxylic acids is 1. The van der Waals surface area contributed by atoms with Gasteiger partial charge < -0.3 is 19.9 Å². The fourth-order valence-electron chi connectivity index (χ4n) is 2.32. The van der Waals surface area contributed by atoms with E-state index < -0.39 is 17.1 Å². The van der Waals surface area contributed by atoms with Gasteiger partial charge in [0.15, 0.2) is 16.7 Å². The van der Waals surface area contributed by atoms with Gasteiger partial charge in [-0.1, -0.05) is 17.8 Å². The second kappa shape index (κ2) is 10.9. The fraction of sp³-hybridized carbons (Fsp3) is 0.389. The Hall–Kier alpha value is -3.06. The average molecular weight is 404 g/mol. The minimum Gasteiger partial charge on any atom is -0.493 e. The summed E-state index contributed by atoms with van der Waals surface area (Å²) in [5, 5.41) is 27.3. The maximum atomic E-state index is 11.7. The number of benzene rings is 1. The van der Waals surface area contributed by atoms with Crippen LogP contribution in [0.25, 0.3) is 0 Å². The Labute approximate surface area is 166 Å². The number of carboxylic acids is 1. The first-order valence-corrected chi connectivity index (χ1v) is 9.40. The van der Waals surface area contributed by atoms with E-state index in [2.05, 4.69) is 21.6 Å². The van der Waals surface area contributed by atoms with Crippen LogP contribution in [-0.4, -0.2) is 47.3 Å². The predicted octanol–water partition coefficient (Wildman–Crippen LogP) is 2.16. The SMILES string of the molecule is COc1cccc(C=NN=C2NC(=O)C(CC(=O)O)S2)c1OCCCCC#N. The molecule has 1 aromatic carbocycles. The van der Waals surface area contributed by atoms with Crippen molar-refractivity contribution in [1.29, 1.82) is 5.26 Å². The number of ether oxygens (including phenoxy) is 2. The minimum atomic E-state index is -1.05. The highest BCUT2D eigenvalue weighted by atomic mass is 32.2. The number of carbonyl (C=O) groups excluding carboxylic acids is 1. The van der Waals surface area contributed by atoms with E-state index in [4.69, 9.17) is 19.8 Å². The summed E-state index contributed by atoms with van der Waals surface area (Å²) in [4.78, 5) is 22.4. The minimum absolute atomic E-state index is 0.245. The van der Waals surface area contributed by atoms with Gasteiger partial charge >= 0.3 is 5.97 Å². The van der Waals surface area contributed by atoms with Crippen LogP contribution in [0.1, 0.15) is 31.2 Å². The molecule has 1 unspecified atom stereocenters. The number of hydrogen-bond donors (Lipinski definition) is 2. The zero-order chi connectivity index (χ0) is 20.4. The number of rotatable bonds is 10. The molecule has 1 heterocycles. The van der Waals surface area contributed by atoms with Gasteiger partial charge in [0.25, 0.3) is 0 Å². The van der Waals surface area contributed by atoms with Gasteiger partial charge in [0, 0.05) is 12.0 Å². The number of thioether (sulfide) groups is 1. The highest BCUT2D eigenvalue weighted by molar-refractivity contribution is 8.15. The van der Waals surface area contributed by atoms with Crippen molar-refractivity contribution >= 4 is 35.0 Å². The number of hydrogen-bond acceptors (Lipinski definition) is 8. The number of carbonyl (C=O) groups is 2. The van der Waals surface area contributed by atoms with E-state index in [1.165, 1.54) is 13.3 Å². The van der Waals surface area contributed by atoms with E-state index >= 15 is 0 Å². The summed E-state index contributed by atoms with van der Waals surface area (Å²) in [7, 11) is 1.53. The number of nitrogens with zero attached hydrogens (tertiary/aromatic N) is 3. The third-order valence-corrected chi connectivity index (χ3v) is 4.71. The van der Waals surface area contributed by atoms with Crippen molar-refractivity contribution in [2.45, 2.75) is 30.9 Å². The van der Waals surface area contributed by atoms with Crippen LogP contribution < -0.4 is 14.8 Å². The molecule has 1 saturated heterocycles. The maximum Gasteiger partial charge on any atom is 0.305 e. The van der Waals surface area contributed by atoms with Crippen LogP contribution in [0.3, 0.4) is 0 Å². The molecule has 1 aromatic rings. The zero-order valence-corrected chi connectivity index (χ0v) is 16.1. The first kappa shape index (κ1) is 21.2. The van der Waals surface area contributed by atoms with Crippen molar-refractivity contribution in [3.8, 4) is 17.6 Å². The molecule has 1 aliphatic heterocycles. The van der Waals surface area contributed by atoms with E-state index in [-0.39, 0.29) is 11.6 Å². The summed E-state index contributed by atoms with van der Waals surface area (Å²) in [5.41, 5.74) is 0.639. The van der Waals surface area contributed by atoms with Crippen molar-refractivity contribution in [2.75, 3.05) is 13.7 Å². The second-order valence-corrected chi connectivity index (χ2v) is 6.88. The Balaban J connectivity index is 2.05. The van der Waals surface area contributed by atoms with E-state index in [1.54, 1.807) is 18.2 Å². The number of amidine groups is 1. The van der Waals surface area contributed by atoms with Crippen molar-refractivity contribution in [3.05, 3.63) is 23.8 Å². The third kappa shape index (κ3) is 6.28. The Bertz CT molecular complexity index is 819. The third-order valence-electron chi connectivity index (χ3n) is 3.64. The first-order chi connectivity index (χ1) is 13.5. The van der Waals surface area contributed by atoms with Crippen molar-refractivity contribution in [3.63, 3.8) is 0 Å². The molecule has 28 heavy (non-hydrogen) atoms. The lowest BCUT2D eigenvalue weighted by molar-refractivity contribution is -0.138. The lowest BCUT2D eigenvalue weighted by Gasteiger charge is -2.12. The van der Waals surface area contributed by atoms with Crippen molar-refractivity contribution < 1.29 is 24.2 Å².